The van der Waals surface area contributed by atoms with E-state index in [9.17, 15) is 9.90 Å². The van der Waals surface area contributed by atoms with Crippen LogP contribution in [-0.4, -0.2) is 21.2 Å². The lowest BCUT2D eigenvalue weighted by atomic mass is 9.84. The number of carboxylic acids is 1. The van der Waals surface area contributed by atoms with E-state index in [2.05, 4.69) is 11.1 Å². The van der Waals surface area contributed by atoms with Gasteiger partial charge in [-0.05, 0) is 67.7 Å². The molecule has 1 aromatic heterocycles. The summed E-state index contributed by atoms with van der Waals surface area (Å²) in [6.07, 6.45) is 3.32. The van der Waals surface area contributed by atoms with Gasteiger partial charge in [0.25, 0.3) is 0 Å². The molecule has 25 heavy (non-hydrogen) atoms. The Morgan fingerprint density at radius 1 is 1.32 bits per heavy atom. The van der Waals surface area contributed by atoms with Crippen molar-refractivity contribution in [3.05, 3.63) is 35.0 Å². The molecule has 2 aromatic rings. The Balaban J connectivity index is 1.54. The fraction of sp³-hybridized carbons (Fsp3) is 0.474. The zero-order valence-electron chi connectivity index (χ0n) is 14.3. The van der Waals surface area contributed by atoms with Crippen LogP contribution in [0.25, 0.3) is 10.4 Å². The molecule has 4 rings (SSSR count). The molecule has 0 aliphatic heterocycles. The van der Waals surface area contributed by atoms with Gasteiger partial charge in [0.15, 0.2) is 0 Å². The predicted molar refractivity (Wildman–Crippen MR) is 97.1 cm³/mol. The molecule has 6 heteroatoms. The molecule has 4 N–H and O–H groups in total. The molecule has 0 radical (unpaired) electrons. The van der Waals surface area contributed by atoms with Gasteiger partial charge in [-0.15, -0.1) is 11.3 Å². The van der Waals surface area contributed by atoms with Crippen LogP contribution in [0.2, 0.25) is 0 Å². The molecule has 1 heterocycles. The number of carboxylic acid groups (broad SMARTS) is 1. The van der Waals surface area contributed by atoms with Gasteiger partial charge in [-0.1, -0.05) is 6.07 Å². The maximum atomic E-state index is 11.1. The maximum Gasteiger partial charge on any atom is 0.307 e. The van der Waals surface area contributed by atoms with Gasteiger partial charge in [0.05, 0.1) is 10.8 Å². The number of nitrogens with two attached hydrogens (primary N) is 1. The number of carbonyl (C=O) groups is 1. The van der Waals surface area contributed by atoms with Gasteiger partial charge in [-0.2, -0.15) is 0 Å². The average Bonchev–Trinajstić information content (AvgIpc) is 2.93. The first-order valence-electron chi connectivity index (χ1n) is 8.56. The van der Waals surface area contributed by atoms with Crippen LogP contribution in [0.3, 0.4) is 0 Å². The molecule has 0 bridgehead atoms. The summed E-state index contributed by atoms with van der Waals surface area (Å²) >= 11 is 1.49. The molecule has 0 amide bonds. The standard InChI is InChI=1S/C19H22N2O3S/c1-9-3-10(5-12(20)4-9)15-8-21-18(25-15)19(2,24)11-6-13-14(7-11)16(13)17(22)23/h3-5,8,11,13-14,16,24H,6-7,20H2,1-2H3,(H,22,23). The zero-order valence-corrected chi connectivity index (χ0v) is 15.1. The molecule has 2 aliphatic rings. The number of benzene rings is 1. The Labute approximate surface area is 150 Å². The van der Waals surface area contributed by atoms with Gasteiger partial charge in [0.1, 0.15) is 10.6 Å². The molecular formula is C19H22N2O3S. The van der Waals surface area contributed by atoms with E-state index >= 15 is 0 Å². The zero-order chi connectivity index (χ0) is 17.9. The summed E-state index contributed by atoms with van der Waals surface area (Å²) in [5.41, 5.74) is 7.73. The predicted octanol–water partition coefficient (Wildman–Crippen LogP) is 3.27. The molecule has 2 fully saturated rings. The minimum absolute atomic E-state index is 0.0691. The Bertz CT molecular complexity index is 813. The Morgan fingerprint density at radius 3 is 2.60 bits per heavy atom. The minimum atomic E-state index is -1.02. The molecule has 1 aromatic carbocycles. The van der Waals surface area contributed by atoms with Crippen molar-refractivity contribution in [3.8, 4) is 10.4 Å². The Kier molecular flexibility index (Phi) is 3.67. The number of aryl methyl sites for hydroxylation is 1. The average molecular weight is 358 g/mol. The summed E-state index contributed by atoms with van der Waals surface area (Å²) in [4.78, 5) is 16.6. The van der Waals surface area contributed by atoms with Crippen molar-refractivity contribution in [2.24, 2.45) is 23.7 Å². The number of nitrogen functional groups attached to an aromatic ring is 1. The lowest BCUT2D eigenvalue weighted by molar-refractivity contribution is -0.139. The lowest BCUT2D eigenvalue weighted by Gasteiger charge is -2.29. The quantitative estimate of drug-likeness (QED) is 0.729. The van der Waals surface area contributed by atoms with Crippen LogP contribution in [-0.2, 0) is 10.4 Å². The van der Waals surface area contributed by atoms with E-state index < -0.39 is 11.6 Å². The first kappa shape index (κ1) is 16.5. The van der Waals surface area contributed by atoms with Crippen LogP contribution in [0.4, 0.5) is 5.69 Å². The van der Waals surface area contributed by atoms with E-state index in [0.717, 1.165) is 28.8 Å². The maximum absolute atomic E-state index is 11.1. The summed E-state index contributed by atoms with van der Waals surface area (Å²) < 4.78 is 0. The number of aromatic nitrogens is 1. The topological polar surface area (TPSA) is 96.4 Å². The summed E-state index contributed by atoms with van der Waals surface area (Å²) in [5, 5.41) is 20.9. The van der Waals surface area contributed by atoms with Gasteiger partial charge < -0.3 is 15.9 Å². The highest BCUT2D eigenvalue weighted by Gasteiger charge is 2.62. The molecule has 3 unspecified atom stereocenters. The first-order chi connectivity index (χ1) is 11.8. The Hall–Kier alpha value is -1.92. The van der Waals surface area contributed by atoms with Crippen molar-refractivity contribution in [2.75, 3.05) is 5.73 Å². The third-order valence-corrected chi connectivity index (χ3v) is 7.12. The van der Waals surface area contributed by atoms with Crippen molar-refractivity contribution >= 4 is 23.0 Å². The second kappa shape index (κ2) is 5.54. The third kappa shape index (κ3) is 2.73. The number of thiazole rings is 1. The number of nitrogens with zero attached hydrogens (tertiary/aromatic N) is 1. The molecule has 2 aliphatic carbocycles. The fourth-order valence-corrected chi connectivity index (χ4v) is 5.47. The van der Waals surface area contributed by atoms with Gasteiger partial charge in [0, 0.05) is 11.9 Å². The summed E-state index contributed by atoms with van der Waals surface area (Å²) in [7, 11) is 0. The number of aliphatic hydroxyl groups is 1. The smallest absolute Gasteiger partial charge is 0.307 e. The Morgan fingerprint density at radius 2 is 2.00 bits per heavy atom. The van der Waals surface area contributed by atoms with E-state index in [-0.39, 0.29) is 23.7 Å². The van der Waals surface area contributed by atoms with Crippen molar-refractivity contribution < 1.29 is 15.0 Å². The SMILES string of the molecule is Cc1cc(N)cc(-c2cnc(C(C)(O)C3CC4C(C3)C4C(=O)O)s2)c1. The lowest BCUT2D eigenvalue weighted by Crippen LogP contribution is -2.31. The minimum Gasteiger partial charge on any atom is -0.481 e. The van der Waals surface area contributed by atoms with Crippen molar-refractivity contribution in [3.63, 3.8) is 0 Å². The first-order valence-corrected chi connectivity index (χ1v) is 9.38. The normalized spacial score (nSPS) is 29.9. The number of rotatable bonds is 4. The number of fused-ring (bicyclic) bond motifs is 1. The fourth-order valence-electron chi connectivity index (χ4n) is 4.44. The molecule has 2 saturated carbocycles. The molecule has 0 saturated heterocycles. The van der Waals surface area contributed by atoms with Gasteiger partial charge in [0.2, 0.25) is 0 Å². The van der Waals surface area contributed by atoms with Crippen molar-refractivity contribution in [2.45, 2.75) is 32.3 Å². The van der Waals surface area contributed by atoms with Gasteiger partial charge in [-0.3, -0.25) is 4.79 Å². The molecular weight excluding hydrogens is 336 g/mol. The number of anilines is 1. The van der Waals surface area contributed by atoms with E-state index in [1.165, 1.54) is 11.3 Å². The van der Waals surface area contributed by atoms with Crippen LogP contribution in [0.5, 0.6) is 0 Å². The number of aliphatic carboxylic acids is 1. The highest BCUT2D eigenvalue weighted by molar-refractivity contribution is 7.15. The molecule has 0 spiro atoms. The van der Waals surface area contributed by atoms with E-state index in [0.29, 0.717) is 10.7 Å². The van der Waals surface area contributed by atoms with Crippen LogP contribution in [0.1, 0.15) is 30.3 Å². The second-order valence-corrected chi connectivity index (χ2v) is 8.70. The van der Waals surface area contributed by atoms with Crippen LogP contribution >= 0.6 is 11.3 Å². The van der Waals surface area contributed by atoms with E-state index in [1.807, 2.05) is 26.0 Å². The van der Waals surface area contributed by atoms with Crippen molar-refractivity contribution in [1.29, 1.82) is 0 Å². The van der Waals surface area contributed by atoms with Crippen molar-refractivity contribution in [1.82, 2.24) is 4.98 Å². The van der Waals surface area contributed by atoms with E-state index in [4.69, 9.17) is 10.8 Å². The summed E-state index contributed by atoms with van der Waals surface area (Å²) in [6.45, 7) is 3.81. The third-order valence-electron chi connectivity index (χ3n) is 5.85. The van der Waals surface area contributed by atoms with Crippen LogP contribution < -0.4 is 5.73 Å². The highest BCUT2D eigenvalue weighted by Crippen LogP contribution is 2.62. The number of hydrogen-bond donors (Lipinski definition) is 3. The second-order valence-electron chi connectivity index (χ2n) is 7.67. The number of hydrogen-bond acceptors (Lipinski definition) is 5. The largest absolute Gasteiger partial charge is 0.481 e. The van der Waals surface area contributed by atoms with Crippen LogP contribution in [0, 0.1) is 30.6 Å². The summed E-state index contributed by atoms with van der Waals surface area (Å²) in [5.74, 6) is -0.370. The monoisotopic (exact) mass is 358 g/mol. The van der Waals surface area contributed by atoms with Gasteiger partial charge in [-0.25, -0.2) is 4.98 Å². The molecule has 5 nitrogen and oxygen atoms in total. The highest BCUT2D eigenvalue weighted by atomic mass is 32.1. The molecule has 132 valence electrons. The van der Waals surface area contributed by atoms with Gasteiger partial charge >= 0.3 is 5.97 Å². The van der Waals surface area contributed by atoms with E-state index in [1.54, 1.807) is 6.20 Å². The molecule has 3 atom stereocenters. The summed E-state index contributed by atoms with van der Waals surface area (Å²) in [6, 6.07) is 5.90. The van der Waals surface area contributed by atoms with Crippen LogP contribution in [0.15, 0.2) is 24.4 Å².